The first-order valence-corrected chi connectivity index (χ1v) is 11.0. The maximum Gasteiger partial charge on any atom is 0.330 e. The van der Waals surface area contributed by atoms with Crippen LogP contribution >= 0.6 is 0 Å². The van der Waals surface area contributed by atoms with E-state index in [-0.39, 0.29) is 17.8 Å². The zero-order chi connectivity index (χ0) is 24.0. The summed E-state index contributed by atoms with van der Waals surface area (Å²) in [5, 5.41) is 9.60. The molecule has 35 heavy (non-hydrogen) atoms. The van der Waals surface area contributed by atoms with Crippen LogP contribution in [0.1, 0.15) is 5.56 Å². The molecule has 1 aromatic heterocycles. The van der Waals surface area contributed by atoms with Crippen LogP contribution in [0.4, 0.5) is 17.3 Å². The van der Waals surface area contributed by atoms with E-state index in [2.05, 4.69) is 15.0 Å². The molecular formula is C28H22N4O3. The van der Waals surface area contributed by atoms with Crippen molar-refractivity contribution in [2.45, 2.75) is 6.92 Å². The highest BCUT2D eigenvalue weighted by molar-refractivity contribution is 5.72. The molecule has 5 rings (SSSR count). The number of aryl methyl sites for hydroxylation is 1. The van der Waals surface area contributed by atoms with Crippen molar-refractivity contribution >= 4 is 17.3 Å². The van der Waals surface area contributed by atoms with Crippen LogP contribution in [-0.2, 0) is 0 Å². The minimum absolute atomic E-state index is 0.0552. The first kappa shape index (κ1) is 21.9. The van der Waals surface area contributed by atoms with Crippen molar-refractivity contribution in [3.8, 4) is 29.3 Å². The lowest BCUT2D eigenvalue weighted by Gasteiger charge is -2.23. The standard InChI is InChI=1S/C28H22N4O3/c1-20-12-16-24(17-13-20)34-27-29-26(30-28(31-27)35-25-18-14-23(33)15-19-25)32(21-8-4-2-5-9-21)22-10-6-3-7-11-22/h2-19,33H,1H3. The molecule has 0 spiro atoms. The Hall–Kier alpha value is -4.91. The van der Waals surface area contributed by atoms with E-state index in [4.69, 9.17) is 9.47 Å². The summed E-state index contributed by atoms with van der Waals surface area (Å²) in [6.45, 7) is 2.01. The summed E-state index contributed by atoms with van der Waals surface area (Å²) in [6.07, 6.45) is 0. The molecule has 0 unspecified atom stereocenters. The second kappa shape index (κ2) is 9.93. The number of benzene rings is 4. The van der Waals surface area contributed by atoms with Crippen molar-refractivity contribution in [3.63, 3.8) is 0 Å². The summed E-state index contributed by atoms with van der Waals surface area (Å²) in [6, 6.07) is 33.6. The molecule has 7 nitrogen and oxygen atoms in total. The molecular weight excluding hydrogens is 440 g/mol. The predicted molar refractivity (Wildman–Crippen MR) is 134 cm³/mol. The van der Waals surface area contributed by atoms with Gasteiger partial charge in [-0.25, -0.2) is 0 Å². The molecule has 0 atom stereocenters. The van der Waals surface area contributed by atoms with Gasteiger partial charge in [-0.05, 0) is 67.6 Å². The van der Waals surface area contributed by atoms with Gasteiger partial charge in [0.2, 0.25) is 5.95 Å². The largest absolute Gasteiger partial charge is 0.508 e. The lowest BCUT2D eigenvalue weighted by molar-refractivity contribution is 0.397. The molecule has 172 valence electrons. The van der Waals surface area contributed by atoms with E-state index in [1.807, 2.05) is 96.8 Å². The fourth-order valence-corrected chi connectivity index (χ4v) is 3.38. The monoisotopic (exact) mass is 462 g/mol. The summed E-state index contributed by atoms with van der Waals surface area (Å²) in [7, 11) is 0. The highest BCUT2D eigenvalue weighted by Gasteiger charge is 2.19. The lowest BCUT2D eigenvalue weighted by atomic mass is 10.2. The number of aromatic nitrogens is 3. The third kappa shape index (κ3) is 5.36. The lowest BCUT2D eigenvalue weighted by Crippen LogP contribution is -2.14. The van der Waals surface area contributed by atoms with Gasteiger partial charge in [-0.2, -0.15) is 9.97 Å². The molecule has 0 saturated heterocycles. The van der Waals surface area contributed by atoms with Crippen LogP contribution < -0.4 is 14.4 Å². The number of phenolic OH excluding ortho intramolecular Hbond substituents is 1. The number of hydrogen-bond acceptors (Lipinski definition) is 7. The molecule has 5 aromatic rings. The van der Waals surface area contributed by atoms with Crippen molar-refractivity contribution < 1.29 is 14.6 Å². The third-order valence-electron chi connectivity index (χ3n) is 5.09. The van der Waals surface area contributed by atoms with Crippen LogP contribution in [0.15, 0.2) is 109 Å². The van der Waals surface area contributed by atoms with Gasteiger partial charge in [0, 0.05) is 11.4 Å². The zero-order valence-corrected chi connectivity index (χ0v) is 18.9. The molecule has 1 N–H and O–H groups in total. The van der Waals surface area contributed by atoms with Gasteiger partial charge in [0.25, 0.3) is 0 Å². The average Bonchev–Trinajstić information content (AvgIpc) is 2.88. The Balaban J connectivity index is 1.60. The summed E-state index contributed by atoms with van der Waals surface area (Å²) in [5.74, 6) is 1.52. The maximum atomic E-state index is 9.60. The molecule has 0 saturated carbocycles. The molecule has 0 aliphatic rings. The SMILES string of the molecule is Cc1ccc(Oc2nc(Oc3ccc(O)cc3)nc(N(c3ccccc3)c3ccccc3)n2)cc1. The van der Waals surface area contributed by atoms with E-state index >= 15 is 0 Å². The Kier molecular flexibility index (Phi) is 6.21. The van der Waals surface area contributed by atoms with Gasteiger partial charge >= 0.3 is 12.0 Å². The Morgan fingerprint density at radius 2 is 1.03 bits per heavy atom. The van der Waals surface area contributed by atoms with E-state index in [9.17, 15) is 5.11 Å². The van der Waals surface area contributed by atoms with E-state index < -0.39 is 0 Å². The molecule has 0 radical (unpaired) electrons. The number of para-hydroxylation sites is 2. The second-order valence-corrected chi connectivity index (χ2v) is 7.72. The predicted octanol–water partition coefficient (Wildman–Crippen LogP) is 6.94. The van der Waals surface area contributed by atoms with Gasteiger partial charge in [-0.3, -0.25) is 4.90 Å². The highest BCUT2D eigenvalue weighted by Crippen LogP contribution is 2.34. The Labute approximate surface area is 202 Å². The van der Waals surface area contributed by atoms with E-state index in [1.165, 1.54) is 12.1 Å². The minimum Gasteiger partial charge on any atom is -0.508 e. The molecule has 0 aliphatic heterocycles. The first-order chi connectivity index (χ1) is 17.1. The van der Waals surface area contributed by atoms with Crippen LogP contribution in [0.25, 0.3) is 0 Å². The molecule has 0 fully saturated rings. The fraction of sp³-hybridized carbons (Fsp3) is 0.0357. The summed E-state index contributed by atoms with van der Waals surface area (Å²) in [4.78, 5) is 15.5. The van der Waals surface area contributed by atoms with Crippen LogP contribution in [0.2, 0.25) is 0 Å². The van der Waals surface area contributed by atoms with Crippen LogP contribution in [-0.4, -0.2) is 20.1 Å². The molecule has 1 heterocycles. The van der Waals surface area contributed by atoms with Crippen LogP contribution in [0.3, 0.4) is 0 Å². The molecule has 4 aromatic carbocycles. The number of aromatic hydroxyl groups is 1. The number of phenols is 1. The number of anilines is 3. The number of ether oxygens (including phenoxy) is 2. The van der Waals surface area contributed by atoms with E-state index in [0.29, 0.717) is 17.4 Å². The van der Waals surface area contributed by atoms with E-state index in [1.54, 1.807) is 12.1 Å². The van der Waals surface area contributed by atoms with Crippen LogP contribution in [0.5, 0.6) is 29.3 Å². The Morgan fingerprint density at radius 1 is 0.571 bits per heavy atom. The minimum atomic E-state index is 0.0552. The average molecular weight is 463 g/mol. The molecule has 0 amide bonds. The van der Waals surface area contributed by atoms with Crippen molar-refractivity contribution in [1.29, 1.82) is 0 Å². The van der Waals surface area contributed by atoms with Gasteiger partial charge in [0.1, 0.15) is 17.2 Å². The second-order valence-electron chi connectivity index (χ2n) is 7.72. The van der Waals surface area contributed by atoms with Gasteiger partial charge < -0.3 is 14.6 Å². The number of hydrogen-bond donors (Lipinski definition) is 1. The van der Waals surface area contributed by atoms with Crippen molar-refractivity contribution in [3.05, 3.63) is 115 Å². The highest BCUT2D eigenvalue weighted by atomic mass is 16.5. The summed E-state index contributed by atoms with van der Waals surface area (Å²) < 4.78 is 11.9. The quantitative estimate of drug-likeness (QED) is 0.280. The smallest absolute Gasteiger partial charge is 0.330 e. The van der Waals surface area contributed by atoms with Crippen molar-refractivity contribution in [2.24, 2.45) is 0 Å². The van der Waals surface area contributed by atoms with Crippen molar-refractivity contribution in [2.75, 3.05) is 4.90 Å². The van der Waals surface area contributed by atoms with Gasteiger partial charge in [-0.15, -0.1) is 4.98 Å². The maximum absolute atomic E-state index is 9.60. The number of rotatable bonds is 7. The number of nitrogens with zero attached hydrogens (tertiary/aromatic N) is 4. The topological polar surface area (TPSA) is 80.6 Å². The first-order valence-electron chi connectivity index (χ1n) is 11.0. The van der Waals surface area contributed by atoms with Crippen molar-refractivity contribution in [1.82, 2.24) is 15.0 Å². The molecule has 7 heteroatoms. The van der Waals surface area contributed by atoms with Gasteiger partial charge in [-0.1, -0.05) is 54.1 Å². The summed E-state index contributed by atoms with van der Waals surface area (Å²) in [5.41, 5.74) is 2.84. The van der Waals surface area contributed by atoms with Gasteiger partial charge in [0.15, 0.2) is 0 Å². The van der Waals surface area contributed by atoms with Gasteiger partial charge in [0.05, 0.1) is 0 Å². The Bertz CT molecular complexity index is 1290. The fourth-order valence-electron chi connectivity index (χ4n) is 3.38. The normalized spacial score (nSPS) is 10.5. The van der Waals surface area contributed by atoms with E-state index in [0.717, 1.165) is 16.9 Å². The zero-order valence-electron chi connectivity index (χ0n) is 18.9. The Morgan fingerprint density at radius 3 is 1.51 bits per heavy atom. The third-order valence-corrected chi connectivity index (χ3v) is 5.09. The molecule has 0 bridgehead atoms. The molecule has 0 aliphatic carbocycles. The van der Waals surface area contributed by atoms with Crippen LogP contribution in [0, 0.1) is 6.92 Å². The summed E-state index contributed by atoms with van der Waals surface area (Å²) >= 11 is 0.